The summed E-state index contributed by atoms with van der Waals surface area (Å²) in [7, 11) is 0. The van der Waals surface area contributed by atoms with E-state index in [0.717, 1.165) is 12.8 Å². The Balaban J connectivity index is 2.43. The van der Waals surface area contributed by atoms with Crippen molar-refractivity contribution in [3.8, 4) is 0 Å². The zero-order valence-electron chi connectivity index (χ0n) is 14.1. The van der Waals surface area contributed by atoms with Gasteiger partial charge in [-0.05, 0) is 25.8 Å². The summed E-state index contributed by atoms with van der Waals surface area (Å²) in [5.41, 5.74) is 1.83. The van der Waals surface area contributed by atoms with Gasteiger partial charge in [0.2, 0.25) is 11.8 Å². The number of carbonyl (C=O) groups excluding carboxylic acids is 3. The van der Waals surface area contributed by atoms with Crippen molar-refractivity contribution in [3.05, 3.63) is 35.4 Å². The molecule has 0 aliphatic carbocycles. The van der Waals surface area contributed by atoms with Crippen molar-refractivity contribution >= 4 is 17.6 Å². The average molecular weight is 318 g/mol. The molecule has 1 aromatic rings. The first-order chi connectivity index (χ1) is 11.0. The standard InChI is InChI=1S/C18H26N2O3/c1-4-6-14-7-9-15(10-8-14)16(21)11-12-17(22)20-13(3)18(23)19-5-2/h7-10,13H,4-6,11-12H2,1-3H3,(H,19,23)(H,20,22)/t13-/m0/s1. The largest absolute Gasteiger partial charge is 0.355 e. The monoisotopic (exact) mass is 318 g/mol. The van der Waals surface area contributed by atoms with E-state index < -0.39 is 6.04 Å². The predicted molar refractivity (Wildman–Crippen MR) is 90.3 cm³/mol. The fourth-order valence-electron chi connectivity index (χ4n) is 2.22. The molecule has 0 unspecified atom stereocenters. The number of carbonyl (C=O) groups is 3. The van der Waals surface area contributed by atoms with Crippen molar-refractivity contribution in [1.29, 1.82) is 0 Å². The number of hydrogen-bond acceptors (Lipinski definition) is 3. The first-order valence-corrected chi connectivity index (χ1v) is 8.17. The van der Waals surface area contributed by atoms with Crippen LogP contribution in [0.1, 0.15) is 56.0 Å². The lowest BCUT2D eigenvalue weighted by atomic mass is 10.0. The fraction of sp³-hybridized carbons (Fsp3) is 0.500. The topological polar surface area (TPSA) is 75.3 Å². The summed E-state index contributed by atoms with van der Waals surface area (Å²) in [6, 6.07) is 6.93. The normalized spacial score (nSPS) is 11.6. The van der Waals surface area contributed by atoms with Crippen LogP contribution in [0.5, 0.6) is 0 Å². The molecule has 1 atom stereocenters. The Bertz CT molecular complexity index is 538. The van der Waals surface area contributed by atoms with Crippen molar-refractivity contribution in [2.24, 2.45) is 0 Å². The molecule has 1 aromatic carbocycles. The van der Waals surface area contributed by atoms with Gasteiger partial charge in [-0.15, -0.1) is 0 Å². The second-order valence-corrected chi connectivity index (χ2v) is 5.55. The summed E-state index contributed by atoms with van der Waals surface area (Å²) in [5.74, 6) is -0.577. The predicted octanol–water partition coefficient (Wildman–Crippen LogP) is 2.24. The van der Waals surface area contributed by atoms with E-state index in [0.29, 0.717) is 12.1 Å². The molecule has 0 aromatic heterocycles. The summed E-state index contributed by atoms with van der Waals surface area (Å²) in [6.45, 7) is 6.07. The van der Waals surface area contributed by atoms with Crippen molar-refractivity contribution in [2.75, 3.05) is 6.54 Å². The van der Waals surface area contributed by atoms with Crippen molar-refractivity contribution in [2.45, 2.75) is 52.5 Å². The Hall–Kier alpha value is -2.17. The minimum Gasteiger partial charge on any atom is -0.355 e. The maximum absolute atomic E-state index is 12.1. The third-order valence-corrected chi connectivity index (χ3v) is 3.52. The molecule has 23 heavy (non-hydrogen) atoms. The second-order valence-electron chi connectivity index (χ2n) is 5.55. The zero-order chi connectivity index (χ0) is 17.2. The Kier molecular flexibility index (Phi) is 8.02. The van der Waals surface area contributed by atoms with E-state index in [2.05, 4.69) is 17.6 Å². The van der Waals surface area contributed by atoms with Crippen LogP contribution in [-0.2, 0) is 16.0 Å². The van der Waals surface area contributed by atoms with Gasteiger partial charge in [-0.1, -0.05) is 37.6 Å². The molecule has 0 aliphatic heterocycles. The molecule has 1 rings (SSSR count). The van der Waals surface area contributed by atoms with Gasteiger partial charge in [-0.3, -0.25) is 14.4 Å². The van der Waals surface area contributed by atoms with Crippen LogP contribution in [0.2, 0.25) is 0 Å². The van der Waals surface area contributed by atoms with Gasteiger partial charge in [-0.25, -0.2) is 0 Å². The molecule has 0 fully saturated rings. The number of nitrogens with one attached hydrogen (secondary N) is 2. The fourth-order valence-corrected chi connectivity index (χ4v) is 2.22. The van der Waals surface area contributed by atoms with Crippen LogP contribution >= 0.6 is 0 Å². The number of Topliss-reactive ketones (excluding diaryl/α,β-unsaturated/α-hetero) is 1. The minimum atomic E-state index is -0.592. The second kappa shape index (κ2) is 9.77. The van der Waals surface area contributed by atoms with Gasteiger partial charge in [-0.2, -0.15) is 0 Å². The molecule has 0 saturated heterocycles. The van der Waals surface area contributed by atoms with E-state index in [9.17, 15) is 14.4 Å². The zero-order valence-corrected chi connectivity index (χ0v) is 14.1. The molecule has 0 aliphatic rings. The van der Waals surface area contributed by atoms with Crippen LogP contribution in [0, 0.1) is 0 Å². The highest BCUT2D eigenvalue weighted by Crippen LogP contribution is 2.10. The molecule has 0 spiro atoms. The first-order valence-electron chi connectivity index (χ1n) is 8.17. The highest BCUT2D eigenvalue weighted by molar-refractivity contribution is 5.98. The summed E-state index contributed by atoms with van der Waals surface area (Å²) in [4.78, 5) is 35.4. The number of aryl methyl sites for hydroxylation is 1. The summed E-state index contributed by atoms with van der Waals surface area (Å²) in [5, 5.41) is 5.23. The number of rotatable bonds is 9. The van der Waals surface area contributed by atoms with E-state index in [1.807, 2.05) is 31.2 Å². The van der Waals surface area contributed by atoms with Gasteiger partial charge in [0.15, 0.2) is 5.78 Å². The van der Waals surface area contributed by atoms with Gasteiger partial charge in [0.05, 0.1) is 0 Å². The number of amides is 2. The summed E-state index contributed by atoms with van der Waals surface area (Å²) in [6.07, 6.45) is 2.28. The highest BCUT2D eigenvalue weighted by Gasteiger charge is 2.15. The lowest BCUT2D eigenvalue weighted by Crippen LogP contribution is -2.44. The summed E-state index contributed by atoms with van der Waals surface area (Å²) < 4.78 is 0. The number of likely N-dealkylation sites (N-methyl/N-ethyl adjacent to an activating group) is 1. The van der Waals surface area contributed by atoms with Crippen LogP contribution in [0.25, 0.3) is 0 Å². The Morgan fingerprint density at radius 3 is 2.26 bits per heavy atom. The smallest absolute Gasteiger partial charge is 0.242 e. The van der Waals surface area contributed by atoms with Crippen molar-refractivity contribution in [3.63, 3.8) is 0 Å². The molecule has 5 heteroatoms. The van der Waals surface area contributed by atoms with E-state index in [1.54, 1.807) is 6.92 Å². The van der Waals surface area contributed by atoms with E-state index in [4.69, 9.17) is 0 Å². The Labute approximate surface area is 137 Å². The Morgan fingerprint density at radius 1 is 1.04 bits per heavy atom. The molecule has 5 nitrogen and oxygen atoms in total. The van der Waals surface area contributed by atoms with Crippen LogP contribution in [0.4, 0.5) is 0 Å². The third-order valence-electron chi connectivity index (χ3n) is 3.52. The van der Waals surface area contributed by atoms with Crippen LogP contribution < -0.4 is 10.6 Å². The van der Waals surface area contributed by atoms with Gasteiger partial charge in [0.1, 0.15) is 6.04 Å². The summed E-state index contributed by atoms with van der Waals surface area (Å²) >= 11 is 0. The number of hydrogen-bond donors (Lipinski definition) is 2. The molecular weight excluding hydrogens is 292 g/mol. The number of ketones is 1. The Morgan fingerprint density at radius 2 is 1.70 bits per heavy atom. The lowest BCUT2D eigenvalue weighted by molar-refractivity contribution is -0.128. The van der Waals surface area contributed by atoms with Gasteiger partial charge < -0.3 is 10.6 Å². The molecular formula is C18H26N2O3. The van der Waals surface area contributed by atoms with Crippen LogP contribution in [0.15, 0.2) is 24.3 Å². The maximum atomic E-state index is 12.1. The quantitative estimate of drug-likeness (QED) is 0.686. The van der Waals surface area contributed by atoms with E-state index in [-0.39, 0.29) is 30.4 Å². The molecule has 2 amide bonds. The molecule has 0 bridgehead atoms. The minimum absolute atomic E-state index is 0.0612. The van der Waals surface area contributed by atoms with E-state index >= 15 is 0 Å². The van der Waals surface area contributed by atoms with Crippen LogP contribution in [-0.4, -0.2) is 30.2 Å². The molecule has 0 saturated carbocycles. The highest BCUT2D eigenvalue weighted by atomic mass is 16.2. The van der Waals surface area contributed by atoms with E-state index in [1.165, 1.54) is 5.56 Å². The SMILES string of the molecule is CCCc1ccc(C(=O)CCC(=O)N[C@@H](C)C(=O)NCC)cc1. The molecule has 0 radical (unpaired) electrons. The van der Waals surface area contributed by atoms with Crippen LogP contribution in [0.3, 0.4) is 0 Å². The van der Waals surface area contributed by atoms with Crippen molar-refractivity contribution < 1.29 is 14.4 Å². The van der Waals surface area contributed by atoms with Crippen molar-refractivity contribution in [1.82, 2.24) is 10.6 Å². The van der Waals surface area contributed by atoms with Gasteiger partial charge in [0.25, 0.3) is 0 Å². The molecule has 2 N–H and O–H groups in total. The average Bonchev–Trinajstić information content (AvgIpc) is 2.53. The van der Waals surface area contributed by atoms with Gasteiger partial charge in [0, 0.05) is 24.9 Å². The van der Waals surface area contributed by atoms with Gasteiger partial charge >= 0.3 is 0 Å². The molecule has 126 valence electrons. The first kappa shape index (κ1) is 18.9. The maximum Gasteiger partial charge on any atom is 0.242 e. The lowest BCUT2D eigenvalue weighted by Gasteiger charge is -2.13. The molecule has 0 heterocycles. The third kappa shape index (κ3) is 6.63. The number of benzene rings is 1.